The number of benzene rings is 6. The van der Waals surface area contributed by atoms with E-state index in [1.54, 1.807) is 6.07 Å². The first-order valence-corrected chi connectivity index (χ1v) is 14.8. The van der Waals surface area contributed by atoms with Gasteiger partial charge in [-0.05, 0) is 55.9 Å². The molecule has 2 aliphatic carbocycles. The van der Waals surface area contributed by atoms with E-state index < -0.39 is 40.3 Å². The molecule has 5 heteroatoms. The van der Waals surface area contributed by atoms with Crippen LogP contribution < -0.4 is 4.90 Å². The average Bonchev–Trinajstić information content (AvgIpc) is 3.58. The predicted molar refractivity (Wildman–Crippen MR) is 167 cm³/mol. The van der Waals surface area contributed by atoms with Crippen molar-refractivity contribution in [1.29, 1.82) is 0 Å². The fourth-order valence-corrected chi connectivity index (χ4v) is 8.82. The van der Waals surface area contributed by atoms with Gasteiger partial charge in [-0.2, -0.15) is 0 Å². The zero-order chi connectivity index (χ0) is 29.8. The van der Waals surface area contributed by atoms with Crippen molar-refractivity contribution in [2.75, 3.05) is 4.90 Å². The predicted octanol–water partition coefficient (Wildman–Crippen LogP) is 7.11. The van der Waals surface area contributed by atoms with Crippen LogP contribution in [0.4, 0.5) is 10.1 Å². The Morgan fingerprint density at radius 2 is 0.864 bits per heavy atom. The van der Waals surface area contributed by atoms with Gasteiger partial charge in [0, 0.05) is 0 Å². The first-order chi connectivity index (χ1) is 21.5. The summed E-state index contributed by atoms with van der Waals surface area (Å²) in [6.07, 6.45) is 0. The highest BCUT2D eigenvalue weighted by Crippen LogP contribution is 2.72. The molecule has 9 rings (SSSR count). The molecule has 2 amide bonds. The average molecular weight is 574 g/mol. The van der Waals surface area contributed by atoms with Crippen LogP contribution in [0, 0.1) is 17.7 Å². The molecule has 2 unspecified atom stereocenters. The van der Waals surface area contributed by atoms with Crippen LogP contribution in [-0.2, 0) is 25.2 Å². The van der Waals surface area contributed by atoms with E-state index in [0.717, 1.165) is 37.6 Å². The van der Waals surface area contributed by atoms with E-state index in [4.69, 9.17) is 0 Å². The normalized spacial score (nSPS) is 25.2. The molecule has 3 aliphatic rings. The lowest BCUT2D eigenvalue weighted by molar-refractivity contribution is -0.130. The van der Waals surface area contributed by atoms with Gasteiger partial charge in [-0.25, -0.2) is 9.29 Å². The van der Waals surface area contributed by atoms with Crippen LogP contribution in [0.25, 0.3) is 21.5 Å². The van der Waals surface area contributed by atoms with Gasteiger partial charge in [0.25, 0.3) is 0 Å². The Morgan fingerprint density at radius 3 is 1.32 bits per heavy atom. The van der Waals surface area contributed by atoms with Gasteiger partial charge in [-0.1, -0.05) is 121 Å². The maximum absolute atomic E-state index is 15.8. The molecule has 0 spiro atoms. The van der Waals surface area contributed by atoms with Gasteiger partial charge < -0.3 is 0 Å². The van der Waals surface area contributed by atoms with Crippen molar-refractivity contribution in [2.45, 2.75) is 10.8 Å². The number of Topliss-reactive ketones (excluding diaryl/α,β-unsaturated/α-hetero) is 1. The molecule has 210 valence electrons. The second kappa shape index (κ2) is 8.57. The highest BCUT2D eigenvalue weighted by molar-refractivity contribution is 6.34. The monoisotopic (exact) mass is 573 g/mol. The van der Waals surface area contributed by atoms with E-state index in [1.165, 1.54) is 18.2 Å². The topological polar surface area (TPSA) is 54.5 Å². The summed E-state index contributed by atoms with van der Waals surface area (Å²) >= 11 is 0. The Hall–Kier alpha value is -5.42. The number of hydrogen-bond acceptors (Lipinski definition) is 3. The first kappa shape index (κ1) is 25.1. The van der Waals surface area contributed by atoms with Gasteiger partial charge in [0.15, 0.2) is 5.78 Å². The lowest BCUT2D eigenvalue weighted by Gasteiger charge is -2.38. The molecule has 1 aliphatic heterocycles. The molecular formula is C39H24FNO3. The maximum Gasteiger partial charge on any atom is 0.239 e. The summed E-state index contributed by atoms with van der Waals surface area (Å²) in [7, 11) is 0. The molecule has 1 saturated heterocycles. The van der Waals surface area contributed by atoms with Crippen molar-refractivity contribution in [3.05, 3.63) is 162 Å². The van der Waals surface area contributed by atoms with E-state index in [2.05, 4.69) is 0 Å². The summed E-state index contributed by atoms with van der Waals surface area (Å²) < 4.78 is 15.4. The van der Waals surface area contributed by atoms with Crippen LogP contribution >= 0.6 is 0 Å². The smallest absolute Gasteiger partial charge is 0.239 e. The molecule has 4 atom stereocenters. The Kier molecular flexibility index (Phi) is 4.89. The zero-order valence-electron chi connectivity index (χ0n) is 23.4. The largest absolute Gasteiger partial charge is 0.297 e. The number of anilines is 1. The van der Waals surface area contributed by atoms with Crippen molar-refractivity contribution in [1.82, 2.24) is 0 Å². The Morgan fingerprint density at radius 1 is 0.477 bits per heavy atom. The molecule has 4 nitrogen and oxygen atoms in total. The lowest BCUT2D eigenvalue weighted by Crippen LogP contribution is -2.45. The number of carbonyl (C=O) groups is 3. The molecular weight excluding hydrogens is 549 g/mol. The molecule has 6 aromatic carbocycles. The second-order valence-corrected chi connectivity index (χ2v) is 11.9. The second-order valence-electron chi connectivity index (χ2n) is 11.9. The van der Waals surface area contributed by atoms with E-state index in [9.17, 15) is 9.59 Å². The molecule has 1 saturated carbocycles. The molecule has 1 heterocycles. The number of ketones is 1. The van der Waals surface area contributed by atoms with Crippen molar-refractivity contribution in [2.24, 2.45) is 11.8 Å². The third kappa shape index (κ3) is 2.67. The summed E-state index contributed by atoms with van der Waals surface area (Å²) in [6, 6.07) is 40.6. The van der Waals surface area contributed by atoms with Gasteiger partial charge in [-0.15, -0.1) is 0 Å². The summed E-state index contributed by atoms with van der Waals surface area (Å²) in [4.78, 5) is 46.4. The number of nitrogens with zero attached hydrogens (tertiary/aromatic N) is 1. The summed E-state index contributed by atoms with van der Waals surface area (Å²) in [6.45, 7) is 0. The summed E-state index contributed by atoms with van der Waals surface area (Å²) in [5, 5.41) is 3.69. The molecule has 2 fully saturated rings. The van der Waals surface area contributed by atoms with E-state index >= 15 is 9.18 Å². The number of rotatable bonds is 3. The fourth-order valence-electron chi connectivity index (χ4n) is 8.82. The van der Waals surface area contributed by atoms with E-state index in [1.807, 2.05) is 109 Å². The molecule has 44 heavy (non-hydrogen) atoms. The van der Waals surface area contributed by atoms with E-state index in [0.29, 0.717) is 11.1 Å². The van der Waals surface area contributed by atoms with Crippen LogP contribution in [0.15, 0.2) is 133 Å². The van der Waals surface area contributed by atoms with Crippen LogP contribution in [0.3, 0.4) is 0 Å². The Balaban J connectivity index is 1.52. The molecule has 0 N–H and O–H groups in total. The van der Waals surface area contributed by atoms with Crippen molar-refractivity contribution >= 4 is 44.8 Å². The Bertz CT molecular complexity index is 2100. The maximum atomic E-state index is 15.8. The van der Waals surface area contributed by atoms with Gasteiger partial charge in [0.05, 0.1) is 28.4 Å². The number of para-hydroxylation sites is 1. The van der Waals surface area contributed by atoms with Crippen LogP contribution in [-0.4, -0.2) is 17.6 Å². The van der Waals surface area contributed by atoms with Crippen molar-refractivity contribution in [3.63, 3.8) is 0 Å². The highest BCUT2D eigenvalue weighted by Gasteiger charge is 2.82. The van der Waals surface area contributed by atoms with Crippen molar-refractivity contribution in [3.8, 4) is 0 Å². The number of imide groups is 1. The third-order valence-corrected chi connectivity index (χ3v) is 10.2. The number of hydrogen-bond donors (Lipinski definition) is 0. The SMILES string of the molecule is O=C1C2C(C(=O)N1c1ccccc1F)[C@@]1(c3ccccc3)C(=O)[C@]2(c2ccccc2)c2c1c1ccccc1c1ccccc21. The zero-order valence-corrected chi connectivity index (χ0v) is 23.4. The quantitative estimate of drug-likeness (QED) is 0.168. The molecule has 0 aromatic heterocycles. The van der Waals surface area contributed by atoms with Crippen LogP contribution in [0.5, 0.6) is 0 Å². The van der Waals surface area contributed by atoms with Gasteiger partial charge in [0.1, 0.15) is 5.82 Å². The number of amides is 2. The van der Waals surface area contributed by atoms with Gasteiger partial charge in [0.2, 0.25) is 11.8 Å². The van der Waals surface area contributed by atoms with Gasteiger partial charge >= 0.3 is 0 Å². The van der Waals surface area contributed by atoms with Crippen LogP contribution in [0.2, 0.25) is 0 Å². The number of fused-ring (bicyclic) bond motifs is 13. The van der Waals surface area contributed by atoms with Crippen molar-refractivity contribution < 1.29 is 18.8 Å². The molecule has 2 bridgehead atoms. The minimum atomic E-state index is -1.48. The lowest BCUT2D eigenvalue weighted by atomic mass is 9.59. The van der Waals surface area contributed by atoms with Gasteiger partial charge in [-0.3, -0.25) is 14.4 Å². The molecule has 0 radical (unpaired) electrons. The summed E-state index contributed by atoms with van der Waals surface area (Å²) in [5.74, 6) is -4.08. The highest BCUT2D eigenvalue weighted by atomic mass is 19.1. The molecule has 6 aromatic rings. The first-order valence-electron chi connectivity index (χ1n) is 14.8. The third-order valence-electron chi connectivity index (χ3n) is 10.2. The Labute approximate surface area is 252 Å². The minimum absolute atomic E-state index is 0.0889. The van der Waals surface area contributed by atoms with E-state index in [-0.39, 0.29) is 11.5 Å². The standard InChI is InChI=1S/C39H24FNO3/c40-29-21-11-12-22-30(29)41-35(42)33-34(36(41)43)39(24-15-5-2-6-16-24)32-28-20-10-8-18-26(28)25-17-7-9-19-27(25)31(32)38(33,37(39)44)23-13-3-1-4-14-23/h1-22,33-34H/t33?,34?,38-,39+. The number of carbonyl (C=O) groups excluding carboxylic acids is 3. The van der Waals surface area contributed by atoms with Crippen LogP contribution in [0.1, 0.15) is 22.3 Å². The fraction of sp³-hybridized carbons (Fsp3) is 0.103. The minimum Gasteiger partial charge on any atom is -0.297 e. The summed E-state index contributed by atoms with van der Waals surface area (Å²) in [5.41, 5.74) is -0.189. The number of halogens is 1.